The average molecular weight is 429 g/mol. The first-order valence-electron chi connectivity index (χ1n) is 11.6. The molecule has 5 rings (SSSR count). The molecular formula is C24H36N4O3. The van der Waals surface area contributed by atoms with Gasteiger partial charge in [0, 0.05) is 31.4 Å². The highest BCUT2D eigenvalue weighted by molar-refractivity contribution is 5.98. The number of carbonyl (C=O) groups is 2. The Labute approximate surface area is 185 Å². The van der Waals surface area contributed by atoms with Gasteiger partial charge in [-0.25, -0.2) is 4.99 Å². The van der Waals surface area contributed by atoms with Crippen LogP contribution in [0.3, 0.4) is 0 Å². The molecule has 4 bridgehead atoms. The highest BCUT2D eigenvalue weighted by Gasteiger charge is 2.35. The zero-order chi connectivity index (χ0) is 22.6. The summed E-state index contributed by atoms with van der Waals surface area (Å²) in [6, 6.07) is 6.15. The van der Waals surface area contributed by atoms with E-state index in [1.54, 1.807) is 0 Å². The van der Waals surface area contributed by atoms with E-state index in [0.29, 0.717) is 25.8 Å². The highest BCUT2D eigenvalue weighted by Crippen LogP contribution is 2.40. The summed E-state index contributed by atoms with van der Waals surface area (Å²) in [5.41, 5.74) is 7.97. The van der Waals surface area contributed by atoms with Crippen molar-refractivity contribution in [2.24, 2.45) is 10.7 Å². The number of hydrogen-bond donors (Lipinski definition) is 2. The van der Waals surface area contributed by atoms with Gasteiger partial charge < -0.3 is 15.8 Å². The number of nitrogens with one attached hydrogen (secondary N) is 1. The fourth-order valence-electron chi connectivity index (χ4n) is 4.54. The van der Waals surface area contributed by atoms with Gasteiger partial charge in [-0.3, -0.25) is 14.5 Å². The maximum absolute atomic E-state index is 12.6. The lowest BCUT2D eigenvalue weighted by Crippen LogP contribution is -2.48. The van der Waals surface area contributed by atoms with Crippen molar-refractivity contribution in [3.8, 4) is 5.75 Å². The van der Waals surface area contributed by atoms with Crippen molar-refractivity contribution in [3.05, 3.63) is 29.3 Å². The number of guanidine groups is 1. The van der Waals surface area contributed by atoms with E-state index in [4.69, 9.17) is 10.5 Å². The molecule has 1 aromatic rings. The predicted molar refractivity (Wildman–Crippen MR) is 122 cm³/mol. The normalized spacial score (nSPS) is 25.5. The molecular weight excluding hydrogens is 392 g/mol. The van der Waals surface area contributed by atoms with Crippen LogP contribution < -0.4 is 15.8 Å². The Morgan fingerprint density at radius 3 is 2.71 bits per heavy atom. The SMILES string of the molecule is CC.CC1(C)CC2NC(=O)CCCN3C(=O)CC(CCCc4ccc(c2c4)O1)N=C3N. The van der Waals surface area contributed by atoms with Crippen LogP contribution in [0.5, 0.6) is 5.75 Å². The first-order valence-corrected chi connectivity index (χ1v) is 11.6. The third-order valence-electron chi connectivity index (χ3n) is 5.96. The molecule has 1 aromatic carbocycles. The lowest BCUT2D eigenvalue weighted by Gasteiger charge is -2.38. The van der Waals surface area contributed by atoms with Crippen LogP contribution in [-0.2, 0) is 16.0 Å². The van der Waals surface area contributed by atoms with Gasteiger partial charge >= 0.3 is 0 Å². The summed E-state index contributed by atoms with van der Waals surface area (Å²) < 4.78 is 6.16. The van der Waals surface area contributed by atoms with Crippen LogP contribution in [0, 0.1) is 0 Å². The molecule has 4 aliphatic heterocycles. The molecule has 2 unspecified atom stereocenters. The van der Waals surface area contributed by atoms with E-state index in [1.165, 1.54) is 10.5 Å². The third-order valence-corrected chi connectivity index (χ3v) is 5.96. The molecule has 31 heavy (non-hydrogen) atoms. The van der Waals surface area contributed by atoms with E-state index < -0.39 is 0 Å². The maximum Gasteiger partial charge on any atom is 0.231 e. The monoisotopic (exact) mass is 428 g/mol. The summed E-state index contributed by atoms with van der Waals surface area (Å²) in [4.78, 5) is 31.1. The Kier molecular flexibility index (Phi) is 7.23. The Morgan fingerprint density at radius 1 is 1.19 bits per heavy atom. The third kappa shape index (κ3) is 5.57. The number of aryl methyl sites for hydroxylation is 1. The van der Waals surface area contributed by atoms with E-state index in [1.807, 2.05) is 33.8 Å². The number of amides is 2. The molecule has 7 nitrogen and oxygen atoms in total. The smallest absolute Gasteiger partial charge is 0.231 e. The number of ether oxygens (including phenoxy) is 1. The fraction of sp³-hybridized carbons (Fsp3) is 0.625. The van der Waals surface area contributed by atoms with Gasteiger partial charge in [-0.1, -0.05) is 26.0 Å². The first kappa shape index (κ1) is 23.1. The second-order valence-electron chi connectivity index (χ2n) is 8.94. The summed E-state index contributed by atoms with van der Waals surface area (Å²) in [6.45, 7) is 8.52. The molecule has 4 aliphatic rings. The van der Waals surface area contributed by atoms with Gasteiger partial charge in [-0.2, -0.15) is 0 Å². The van der Waals surface area contributed by atoms with Crippen molar-refractivity contribution in [1.29, 1.82) is 0 Å². The summed E-state index contributed by atoms with van der Waals surface area (Å²) >= 11 is 0. The van der Waals surface area contributed by atoms with Gasteiger partial charge in [0.25, 0.3) is 0 Å². The predicted octanol–water partition coefficient (Wildman–Crippen LogP) is 3.46. The van der Waals surface area contributed by atoms with Gasteiger partial charge in [0.1, 0.15) is 11.4 Å². The van der Waals surface area contributed by atoms with Crippen molar-refractivity contribution in [1.82, 2.24) is 10.2 Å². The second kappa shape index (κ2) is 9.71. The number of aliphatic imine (C=N–C) groups is 1. The lowest BCUT2D eigenvalue weighted by molar-refractivity contribution is -0.129. The van der Waals surface area contributed by atoms with Crippen LogP contribution >= 0.6 is 0 Å². The van der Waals surface area contributed by atoms with Crippen molar-refractivity contribution in [2.45, 2.75) is 90.3 Å². The molecule has 3 N–H and O–H groups in total. The number of rotatable bonds is 0. The highest BCUT2D eigenvalue weighted by atomic mass is 16.5. The Bertz CT molecular complexity index is 849. The number of benzene rings is 1. The molecule has 0 saturated carbocycles. The van der Waals surface area contributed by atoms with E-state index in [-0.39, 0.29) is 35.5 Å². The van der Waals surface area contributed by atoms with Gasteiger partial charge in [-0.05, 0) is 51.2 Å². The minimum atomic E-state index is -0.338. The van der Waals surface area contributed by atoms with E-state index >= 15 is 0 Å². The molecule has 0 aromatic heterocycles. The summed E-state index contributed by atoms with van der Waals surface area (Å²) in [6.07, 6.45) is 4.66. The van der Waals surface area contributed by atoms with Crippen LogP contribution in [0.4, 0.5) is 0 Å². The summed E-state index contributed by atoms with van der Waals surface area (Å²) in [5, 5.41) is 3.19. The molecule has 0 radical (unpaired) electrons. The van der Waals surface area contributed by atoms with Gasteiger partial charge in [-0.15, -0.1) is 0 Å². The molecule has 0 aliphatic carbocycles. The summed E-state index contributed by atoms with van der Waals surface area (Å²) in [7, 11) is 0. The number of fused-ring (bicyclic) bond motifs is 7. The van der Waals surface area contributed by atoms with Gasteiger partial charge in [0.15, 0.2) is 5.96 Å². The molecule has 2 atom stereocenters. The van der Waals surface area contributed by atoms with Crippen molar-refractivity contribution < 1.29 is 14.3 Å². The van der Waals surface area contributed by atoms with Crippen LogP contribution in [0.2, 0.25) is 0 Å². The number of hydrogen-bond acceptors (Lipinski definition) is 5. The lowest BCUT2D eigenvalue weighted by atomic mass is 9.88. The van der Waals surface area contributed by atoms with Gasteiger partial charge in [0.2, 0.25) is 11.8 Å². The minimum Gasteiger partial charge on any atom is -0.487 e. The molecule has 7 heteroatoms. The summed E-state index contributed by atoms with van der Waals surface area (Å²) in [5.74, 6) is 1.13. The van der Waals surface area contributed by atoms with E-state index in [0.717, 1.165) is 37.0 Å². The average Bonchev–Trinajstić information content (AvgIpc) is 2.70. The first-order chi connectivity index (χ1) is 14.8. The van der Waals surface area contributed by atoms with Crippen LogP contribution in [0.15, 0.2) is 23.2 Å². The maximum atomic E-state index is 12.6. The number of nitrogens with zero attached hydrogens (tertiary/aromatic N) is 2. The van der Waals surface area contributed by atoms with Crippen molar-refractivity contribution in [2.75, 3.05) is 6.54 Å². The molecule has 0 spiro atoms. The van der Waals surface area contributed by atoms with Gasteiger partial charge in [0.05, 0.1) is 12.1 Å². The Hall–Kier alpha value is -2.57. The number of nitrogens with two attached hydrogens (primary N) is 1. The van der Waals surface area contributed by atoms with Crippen molar-refractivity contribution >= 4 is 17.8 Å². The molecule has 0 fully saturated rings. The second-order valence-corrected chi connectivity index (χ2v) is 8.94. The topological polar surface area (TPSA) is 97.0 Å². The van der Waals surface area contributed by atoms with Crippen molar-refractivity contribution in [3.63, 3.8) is 0 Å². The Balaban J connectivity index is 0.00000132. The fourth-order valence-corrected chi connectivity index (χ4v) is 4.54. The minimum absolute atomic E-state index is 0.00724. The standard InChI is InChI=1S/C22H30N4O3.C2H6/c1-22(2)13-17-16-11-14(8-9-18(16)29-22)5-3-6-15-12-20(28)26(21(23)24-15)10-4-7-19(27)25-17;1-2/h8-9,11,15,17H,3-7,10,12-13H2,1-2H3,(H2,23,24)(H,25,27);1-2H3. The van der Waals surface area contributed by atoms with E-state index in [2.05, 4.69) is 22.4 Å². The van der Waals surface area contributed by atoms with Crippen LogP contribution in [-0.4, -0.2) is 40.9 Å². The molecule has 2 amide bonds. The zero-order valence-corrected chi connectivity index (χ0v) is 19.2. The molecule has 0 saturated heterocycles. The van der Waals surface area contributed by atoms with E-state index in [9.17, 15) is 9.59 Å². The quantitative estimate of drug-likeness (QED) is 0.661. The van der Waals surface area contributed by atoms with Crippen LogP contribution in [0.25, 0.3) is 0 Å². The largest absolute Gasteiger partial charge is 0.487 e. The van der Waals surface area contributed by atoms with Crippen LogP contribution in [0.1, 0.15) is 83.4 Å². The number of carbonyl (C=O) groups excluding carboxylic acids is 2. The zero-order valence-electron chi connectivity index (χ0n) is 19.2. The Morgan fingerprint density at radius 2 is 1.97 bits per heavy atom. The molecule has 170 valence electrons. The molecule has 4 heterocycles.